The summed E-state index contributed by atoms with van der Waals surface area (Å²) in [5, 5.41) is 10.6. The van der Waals surface area contributed by atoms with Crippen molar-refractivity contribution in [3.63, 3.8) is 0 Å². The van der Waals surface area contributed by atoms with Gasteiger partial charge in [-0.2, -0.15) is 0 Å². The first-order valence-electron chi connectivity index (χ1n) is 15.8. The van der Waals surface area contributed by atoms with Crippen molar-refractivity contribution in [1.82, 2.24) is 0 Å². The Morgan fingerprint density at radius 1 is 0.391 bits per heavy atom. The highest BCUT2D eigenvalue weighted by molar-refractivity contribution is 8.00. The minimum atomic E-state index is -2.73. The number of benzene rings is 7. The van der Waals surface area contributed by atoms with E-state index in [2.05, 4.69) is 187 Å². The highest BCUT2D eigenvalue weighted by Crippen LogP contribution is 2.36. The minimum absolute atomic E-state index is 1.16. The van der Waals surface area contributed by atoms with Gasteiger partial charge in [0.2, 0.25) is 0 Å². The third-order valence-corrected chi connectivity index (χ3v) is 19.3. The third-order valence-electron chi connectivity index (χ3n) is 9.43. The molecule has 1 spiro atoms. The van der Waals surface area contributed by atoms with Gasteiger partial charge in [0.15, 0.2) is 16.9 Å². The molecule has 1 radical (unpaired) electrons. The first-order chi connectivity index (χ1) is 22.8. The van der Waals surface area contributed by atoms with Crippen LogP contribution in [0.2, 0.25) is 0 Å². The van der Waals surface area contributed by atoms with E-state index in [4.69, 9.17) is 0 Å². The summed E-state index contributed by atoms with van der Waals surface area (Å²) in [6, 6.07) is 68.2. The van der Waals surface area contributed by atoms with Crippen molar-refractivity contribution in [1.29, 1.82) is 0 Å². The molecule has 0 unspecified atom stereocenters. The van der Waals surface area contributed by atoms with Gasteiger partial charge in [-0.25, -0.2) is 0 Å². The molecule has 0 saturated carbocycles. The van der Waals surface area contributed by atoms with Crippen LogP contribution >= 0.6 is 11.8 Å². The van der Waals surface area contributed by atoms with Gasteiger partial charge < -0.3 is 4.90 Å². The summed E-state index contributed by atoms with van der Waals surface area (Å²) in [6.07, 6.45) is 0. The van der Waals surface area contributed by atoms with Crippen LogP contribution in [-0.4, -0.2) is 16.9 Å². The Balaban J connectivity index is 1.42. The second-order valence-corrected chi connectivity index (χ2v) is 19.0. The molecule has 0 N–H and O–H groups in total. The van der Waals surface area contributed by atoms with E-state index in [1.165, 1.54) is 46.6 Å². The zero-order valence-corrected chi connectivity index (χ0v) is 28.0. The Hall–Kier alpha value is -4.88. The van der Waals surface area contributed by atoms with Gasteiger partial charge in [0.05, 0.1) is 0 Å². The van der Waals surface area contributed by atoms with Gasteiger partial charge in [0.25, 0.3) is 0 Å². The quantitative estimate of drug-likeness (QED) is 0.224. The minimum Gasteiger partial charge on any atom is -0.311 e. The molecule has 0 saturated heterocycles. The summed E-state index contributed by atoms with van der Waals surface area (Å²) in [5.74, 6) is 0. The van der Waals surface area contributed by atoms with E-state index >= 15 is 0 Å². The van der Waals surface area contributed by atoms with Crippen LogP contribution in [-0.2, 0) is 0 Å². The Morgan fingerprint density at radius 3 is 1.48 bits per heavy atom. The SMILES string of the molecule is c1ccc(N(c2ccccc2)c2ccc3c(c2)[Si]2(c4ccccc4Sc4ccccc42)c2ccccc2[Si]3c2ccccc2)cc1. The van der Waals surface area contributed by atoms with E-state index in [1.807, 2.05) is 11.8 Å². The standard InChI is InChI=1S/C42H30NSSi2/c1-4-16-31(17-5-1)43(32-18-6-2-7-19-32)33-28-29-38-42(30-33)46(39-25-13-10-22-35(39)44-36-23-11-14-26-40(36)46)41-27-15-12-24-37(41)45(38)34-20-8-3-9-21-34/h1-30H. The van der Waals surface area contributed by atoms with E-state index in [1.54, 1.807) is 5.19 Å². The van der Waals surface area contributed by atoms with Gasteiger partial charge in [-0.05, 0) is 69.3 Å². The van der Waals surface area contributed by atoms with E-state index in [0.717, 1.165) is 11.4 Å². The molecule has 217 valence electrons. The predicted molar refractivity (Wildman–Crippen MR) is 200 cm³/mol. The van der Waals surface area contributed by atoms with Crippen LogP contribution < -0.4 is 41.2 Å². The number of para-hydroxylation sites is 2. The highest BCUT2D eigenvalue weighted by Gasteiger charge is 2.53. The molecule has 7 aromatic rings. The lowest BCUT2D eigenvalue weighted by Crippen LogP contribution is -2.87. The summed E-state index contributed by atoms with van der Waals surface area (Å²) in [7, 11) is -4.01. The highest BCUT2D eigenvalue weighted by atomic mass is 32.2. The molecule has 7 aromatic carbocycles. The van der Waals surface area contributed by atoms with Gasteiger partial charge in [-0.3, -0.25) is 0 Å². The first kappa shape index (κ1) is 27.4. The average molecular weight is 637 g/mol. The van der Waals surface area contributed by atoms with Crippen LogP contribution in [0.1, 0.15) is 0 Å². The molecular weight excluding hydrogens is 607 g/mol. The maximum atomic E-state index is 2.58. The molecule has 1 nitrogen and oxygen atoms in total. The molecule has 0 bridgehead atoms. The molecule has 0 amide bonds. The second-order valence-electron chi connectivity index (χ2n) is 11.9. The van der Waals surface area contributed by atoms with Crippen molar-refractivity contribution < 1.29 is 0 Å². The van der Waals surface area contributed by atoms with Crippen LogP contribution in [0.25, 0.3) is 0 Å². The third kappa shape index (κ3) is 4.15. The molecule has 2 heterocycles. The van der Waals surface area contributed by atoms with Gasteiger partial charge in [-0.1, -0.05) is 161 Å². The summed E-state index contributed by atoms with van der Waals surface area (Å²) < 4.78 is 0. The number of rotatable bonds is 4. The lowest BCUT2D eigenvalue weighted by atomic mass is 10.2. The second kappa shape index (κ2) is 11.2. The zero-order valence-electron chi connectivity index (χ0n) is 25.2. The number of hydrogen-bond acceptors (Lipinski definition) is 2. The summed E-state index contributed by atoms with van der Waals surface area (Å²) in [5.41, 5.74) is 3.52. The van der Waals surface area contributed by atoms with Gasteiger partial charge in [-0.15, -0.1) is 0 Å². The number of fused-ring (bicyclic) bond motifs is 8. The normalized spacial score (nSPS) is 14.1. The maximum Gasteiger partial charge on any atom is 0.181 e. The fraction of sp³-hybridized carbons (Fsp3) is 0. The Morgan fingerprint density at radius 2 is 0.870 bits per heavy atom. The smallest absolute Gasteiger partial charge is 0.181 e. The zero-order chi connectivity index (χ0) is 30.5. The fourth-order valence-electron chi connectivity index (χ4n) is 7.61. The molecule has 0 atom stereocenters. The molecular formula is C42H30NSSi2. The summed E-state index contributed by atoms with van der Waals surface area (Å²) in [6.45, 7) is 0. The van der Waals surface area contributed by atoms with E-state index < -0.39 is 16.9 Å². The van der Waals surface area contributed by atoms with Crippen LogP contribution in [0.15, 0.2) is 192 Å². The molecule has 2 aliphatic heterocycles. The fourth-order valence-corrected chi connectivity index (χ4v) is 19.3. The Bertz CT molecular complexity index is 2120. The van der Waals surface area contributed by atoms with Crippen molar-refractivity contribution in [2.24, 2.45) is 0 Å². The van der Waals surface area contributed by atoms with Crippen molar-refractivity contribution in [3.05, 3.63) is 182 Å². The van der Waals surface area contributed by atoms with Crippen molar-refractivity contribution in [2.75, 3.05) is 4.90 Å². The maximum absolute atomic E-state index is 2.73. The van der Waals surface area contributed by atoms with Crippen molar-refractivity contribution in [3.8, 4) is 0 Å². The molecule has 0 fully saturated rings. The van der Waals surface area contributed by atoms with Crippen molar-refractivity contribution in [2.45, 2.75) is 9.79 Å². The monoisotopic (exact) mass is 636 g/mol. The Kier molecular flexibility index (Phi) is 6.67. The van der Waals surface area contributed by atoms with E-state index in [0.29, 0.717) is 0 Å². The van der Waals surface area contributed by atoms with Crippen LogP contribution in [0, 0.1) is 0 Å². The van der Waals surface area contributed by atoms with E-state index in [9.17, 15) is 0 Å². The topological polar surface area (TPSA) is 3.24 Å². The number of nitrogens with zero attached hydrogens (tertiary/aromatic N) is 1. The molecule has 46 heavy (non-hydrogen) atoms. The largest absolute Gasteiger partial charge is 0.311 e. The van der Waals surface area contributed by atoms with Gasteiger partial charge in [0.1, 0.15) is 0 Å². The van der Waals surface area contributed by atoms with Crippen LogP contribution in [0.4, 0.5) is 17.1 Å². The first-order valence-corrected chi connectivity index (χ1v) is 20.1. The number of hydrogen-bond donors (Lipinski definition) is 0. The number of anilines is 3. The van der Waals surface area contributed by atoms with Crippen LogP contribution in [0.5, 0.6) is 0 Å². The van der Waals surface area contributed by atoms with Crippen LogP contribution in [0.3, 0.4) is 0 Å². The van der Waals surface area contributed by atoms with Gasteiger partial charge >= 0.3 is 0 Å². The summed E-state index contributed by atoms with van der Waals surface area (Å²) >= 11 is 1.93. The average Bonchev–Trinajstić information content (AvgIpc) is 3.13. The van der Waals surface area contributed by atoms with Crippen molar-refractivity contribution >= 4 is 82.0 Å². The molecule has 9 rings (SSSR count). The predicted octanol–water partition coefficient (Wildman–Crippen LogP) is 5.83. The molecule has 0 aliphatic carbocycles. The lowest BCUT2D eigenvalue weighted by molar-refractivity contribution is 1.29. The van der Waals surface area contributed by atoms with E-state index in [-0.39, 0.29) is 0 Å². The summed E-state index contributed by atoms with van der Waals surface area (Å²) in [4.78, 5) is 5.20. The lowest BCUT2D eigenvalue weighted by Gasteiger charge is -2.46. The molecule has 4 heteroatoms. The van der Waals surface area contributed by atoms with Gasteiger partial charge in [0, 0.05) is 26.9 Å². The Labute approximate surface area is 277 Å². The molecule has 0 aromatic heterocycles. The molecule has 2 aliphatic rings.